The van der Waals surface area contributed by atoms with E-state index in [1.54, 1.807) is 12.1 Å². The van der Waals surface area contributed by atoms with E-state index in [1.807, 2.05) is 0 Å². The maximum atomic E-state index is 12.9. The molecule has 14 nitrogen and oxygen atoms in total. The Labute approximate surface area is 260 Å². The van der Waals surface area contributed by atoms with Crippen LogP contribution in [0.2, 0.25) is 0 Å². The van der Waals surface area contributed by atoms with E-state index in [0.717, 1.165) is 0 Å². The molecule has 14 heteroatoms. The molecule has 0 aromatic heterocycles. The van der Waals surface area contributed by atoms with E-state index in [4.69, 9.17) is 27.0 Å². The maximum absolute atomic E-state index is 12.9. The first-order chi connectivity index (χ1) is 21.8. The van der Waals surface area contributed by atoms with E-state index < -0.39 is 41.1 Å². The fourth-order valence-corrected chi connectivity index (χ4v) is 4.65. The molecule has 2 amide bonds. The number of anilines is 2. The van der Waals surface area contributed by atoms with Gasteiger partial charge in [0, 0.05) is 22.5 Å². The molecule has 0 fully saturated rings. The van der Waals surface area contributed by atoms with Crippen LogP contribution in [0, 0.1) is 10.8 Å². The Balaban J connectivity index is 1.92. The Morgan fingerprint density at radius 1 is 0.652 bits per heavy atom. The molecule has 0 unspecified atom stereocenters. The lowest BCUT2D eigenvalue weighted by atomic mass is 9.89. The Morgan fingerprint density at radius 3 is 1.78 bits per heavy atom. The SMILES string of the molecule is COC(=O)c1cccc(NC(=N)c2ccc(-c3ccc(C(N)=O)c(C(N)=O)c3)c(C(=O)O)c2C(=N)Nc2cccc(C(=O)O)c2)c1. The van der Waals surface area contributed by atoms with Gasteiger partial charge in [-0.1, -0.05) is 24.3 Å². The number of amidine groups is 2. The van der Waals surface area contributed by atoms with Crippen LogP contribution in [0.15, 0.2) is 78.9 Å². The number of methoxy groups -OCH3 is 1. The number of hydrogen-bond donors (Lipinski definition) is 8. The van der Waals surface area contributed by atoms with Crippen molar-refractivity contribution < 1.29 is 38.9 Å². The third kappa shape index (κ3) is 6.70. The molecule has 0 aliphatic carbocycles. The summed E-state index contributed by atoms with van der Waals surface area (Å²) in [6.07, 6.45) is 0. The number of carboxylic acid groups (broad SMARTS) is 2. The first-order valence-corrected chi connectivity index (χ1v) is 13.2. The van der Waals surface area contributed by atoms with Crippen LogP contribution in [0.5, 0.6) is 0 Å². The summed E-state index contributed by atoms with van der Waals surface area (Å²) in [6, 6.07) is 18.0. The third-order valence-corrected chi connectivity index (χ3v) is 6.73. The highest BCUT2D eigenvalue weighted by Gasteiger charge is 2.26. The smallest absolute Gasteiger partial charge is 0.337 e. The van der Waals surface area contributed by atoms with Gasteiger partial charge < -0.3 is 37.1 Å². The lowest BCUT2D eigenvalue weighted by Crippen LogP contribution is -2.24. The summed E-state index contributed by atoms with van der Waals surface area (Å²) in [6.45, 7) is 0. The van der Waals surface area contributed by atoms with Crippen molar-refractivity contribution in [2.45, 2.75) is 0 Å². The largest absolute Gasteiger partial charge is 0.478 e. The van der Waals surface area contributed by atoms with E-state index in [-0.39, 0.29) is 61.7 Å². The summed E-state index contributed by atoms with van der Waals surface area (Å²) in [4.78, 5) is 60.4. The zero-order valence-electron chi connectivity index (χ0n) is 24.0. The third-order valence-electron chi connectivity index (χ3n) is 6.73. The molecule has 0 aliphatic rings. The van der Waals surface area contributed by atoms with Gasteiger partial charge in [0.15, 0.2) is 0 Å². The number of ether oxygens (including phenoxy) is 1. The average molecular weight is 623 g/mol. The van der Waals surface area contributed by atoms with Gasteiger partial charge in [0.2, 0.25) is 11.8 Å². The lowest BCUT2D eigenvalue weighted by Gasteiger charge is -2.20. The highest BCUT2D eigenvalue weighted by Crippen LogP contribution is 2.32. The predicted molar refractivity (Wildman–Crippen MR) is 168 cm³/mol. The summed E-state index contributed by atoms with van der Waals surface area (Å²) in [5, 5.41) is 43.1. The van der Waals surface area contributed by atoms with Gasteiger partial charge in [-0.3, -0.25) is 20.4 Å². The first-order valence-electron chi connectivity index (χ1n) is 13.2. The Kier molecular flexibility index (Phi) is 9.22. The minimum absolute atomic E-state index is 0.00362. The molecule has 10 N–H and O–H groups in total. The van der Waals surface area contributed by atoms with Gasteiger partial charge in [0.05, 0.1) is 34.9 Å². The number of rotatable bonds is 10. The van der Waals surface area contributed by atoms with Crippen molar-refractivity contribution in [3.05, 3.63) is 118 Å². The van der Waals surface area contributed by atoms with Gasteiger partial charge in [-0.2, -0.15) is 0 Å². The summed E-state index contributed by atoms with van der Waals surface area (Å²) in [5.74, 6) is -6.17. The van der Waals surface area contributed by atoms with Crippen molar-refractivity contribution in [2.24, 2.45) is 11.5 Å². The molecule has 0 radical (unpaired) electrons. The number of nitrogens with one attached hydrogen (secondary N) is 4. The normalized spacial score (nSPS) is 10.4. The molecular weight excluding hydrogens is 596 g/mol. The molecule has 0 heterocycles. The number of nitrogens with two attached hydrogens (primary N) is 2. The van der Waals surface area contributed by atoms with Gasteiger partial charge in [0.25, 0.3) is 0 Å². The summed E-state index contributed by atoms with van der Waals surface area (Å²) >= 11 is 0. The predicted octanol–water partition coefficient (Wildman–Crippen LogP) is 3.61. The molecule has 46 heavy (non-hydrogen) atoms. The second-order valence-electron chi connectivity index (χ2n) is 9.66. The molecule has 4 aromatic carbocycles. The Morgan fingerprint density at radius 2 is 1.22 bits per heavy atom. The number of amides is 2. The maximum Gasteiger partial charge on any atom is 0.337 e. The topological polar surface area (TPSA) is 259 Å². The highest BCUT2D eigenvalue weighted by molar-refractivity contribution is 6.22. The Hall–Kier alpha value is -6.83. The average Bonchev–Trinajstić information content (AvgIpc) is 3.03. The van der Waals surface area contributed by atoms with Crippen LogP contribution in [0.1, 0.15) is 62.9 Å². The molecule has 0 atom stereocenters. The van der Waals surface area contributed by atoms with Crippen molar-refractivity contribution in [3.63, 3.8) is 0 Å². The van der Waals surface area contributed by atoms with E-state index in [9.17, 15) is 34.2 Å². The molecule has 0 saturated carbocycles. The van der Waals surface area contributed by atoms with E-state index in [0.29, 0.717) is 0 Å². The second kappa shape index (κ2) is 13.2. The van der Waals surface area contributed by atoms with Crippen LogP contribution >= 0.6 is 0 Å². The minimum Gasteiger partial charge on any atom is -0.478 e. The summed E-state index contributed by atoms with van der Waals surface area (Å²) < 4.78 is 4.74. The number of aromatic carboxylic acids is 2. The molecule has 0 aliphatic heterocycles. The van der Waals surface area contributed by atoms with Gasteiger partial charge in [0.1, 0.15) is 11.7 Å². The van der Waals surface area contributed by atoms with Crippen molar-refractivity contribution in [1.82, 2.24) is 0 Å². The molecule has 4 aromatic rings. The van der Waals surface area contributed by atoms with E-state index in [2.05, 4.69) is 10.6 Å². The Bertz CT molecular complexity index is 1970. The van der Waals surface area contributed by atoms with Gasteiger partial charge in [-0.15, -0.1) is 0 Å². The van der Waals surface area contributed by atoms with Crippen LogP contribution < -0.4 is 22.1 Å². The fraction of sp³-hybridized carbons (Fsp3) is 0.0312. The standard InChI is InChI=1S/C32H26N6O8/c1-46-32(45)17-5-3-7-19(13-17)37-26(33)22-11-10-20(15-8-9-21(28(35)39)23(14-15)29(36)40)25(31(43)44)24(22)27(34)38-18-6-2-4-16(12-18)30(41)42/h2-14H,1H3,(H2,33,37)(H2,34,38)(H2,35,39)(H2,36,40)(H,41,42)(H,43,44). The molecule has 0 bridgehead atoms. The van der Waals surface area contributed by atoms with Crippen molar-refractivity contribution >= 4 is 52.8 Å². The van der Waals surface area contributed by atoms with Crippen molar-refractivity contribution in [3.8, 4) is 11.1 Å². The quantitative estimate of drug-likeness (QED) is 0.0723. The lowest BCUT2D eigenvalue weighted by molar-refractivity contribution is 0.0599. The molecule has 0 saturated heterocycles. The molecule has 4 rings (SSSR count). The zero-order valence-corrected chi connectivity index (χ0v) is 24.0. The number of primary amides is 2. The van der Waals surface area contributed by atoms with Crippen LogP contribution in [0.4, 0.5) is 11.4 Å². The number of carbonyl (C=O) groups excluding carboxylic acids is 3. The molecular formula is C32H26N6O8. The number of carboxylic acids is 2. The van der Waals surface area contributed by atoms with Crippen molar-refractivity contribution in [1.29, 1.82) is 10.8 Å². The van der Waals surface area contributed by atoms with E-state index >= 15 is 0 Å². The van der Waals surface area contributed by atoms with E-state index in [1.165, 1.54) is 73.8 Å². The van der Waals surface area contributed by atoms with Crippen LogP contribution in [-0.4, -0.2) is 58.7 Å². The van der Waals surface area contributed by atoms with Crippen molar-refractivity contribution in [2.75, 3.05) is 17.7 Å². The van der Waals surface area contributed by atoms with Crippen LogP contribution in [0.25, 0.3) is 11.1 Å². The second-order valence-corrected chi connectivity index (χ2v) is 9.66. The highest BCUT2D eigenvalue weighted by atomic mass is 16.5. The summed E-state index contributed by atoms with van der Waals surface area (Å²) in [5.41, 5.74) is 10.2. The van der Waals surface area contributed by atoms with Gasteiger partial charge in [-0.05, 0) is 65.7 Å². The fourth-order valence-electron chi connectivity index (χ4n) is 4.65. The van der Waals surface area contributed by atoms with Crippen LogP contribution in [-0.2, 0) is 4.74 Å². The number of benzene rings is 4. The zero-order chi connectivity index (χ0) is 33.7. The minimum atomic E-state index is -1.52. The monoisotopic (exact) mass is 622 g/mol. The molecule has 0 spiro atoms. The molecule has 232 valence electrons. The van der Waals surface area contributed by atoms with Crippen LogP contribution in [0.3, 0.4) is 0 Å². The number of hydrogen-bond acceptors (Lipinski definition) is 8. The first kappa shape index (κ1) is 32.1. The van der Waals surface area contributed by atoms with Gasteiger partial charge in [-0.25, -0.2) is 14.4 Å². The van der Waals surface area contributed by atoms with Gasteiger partial charge >= 0.3 is 17.9 Å². The number of carbonyl (C=O) groups is 5. The summed E-state index contributed by atoms with van der Waals surface area (Å²) in [7, 11) is 1.21. The number of esters is 1.